The van der Waals surface area contributed by atoms with E-state index in [1.54, 1.807) is 6.92 Å². The fraction of sp³-hybridized carbons (Fsp3) is 1.00. The average Bonchev–Trinajstić information content (AvgIpc) is 2.95. The summed E-state index contributed by atoms with van der Waals surface area (Å²) in [6.07, 6.45) is 30.1. The predicted molar refractivity (Wildman–Crippen MR) is 175 cm³/mol. The highest BCUT2D eigenvalue weighted by atomic mass is 31.2. The van der Waals surface area contributed by atoms with Crippen LogP contribution in [0.5, 0.6) is 0 Å². The van der Waals surface area contributed by atoms with Crippen LogP contribution in [-0.4, -0.2) is 63.2 Å². The van der Waals surface area contributed by atoms with Gasteiger partial charge in [0.15, 0.2) is 0 Å². The van der Waals surface area contributed by atoms with E-state index in [0.717, 1.165) is 42.5 Å². The third-order valence-electron chi connectivity index (χ3n) is 8.41. The van der Waals surface area contributed by atoms with Crippen LogP contribution in [0.3, 0.4) is 0 Å². The van der Waals surface area contributed by atoms with E-state index >= 15 is 0 Å². The highest BCUT2D eigenvalue weighted by molar-refractivity contribution is 7.48. The molecule has 1 N–H and O–H groups in total. The predicted octanol–water partition coefficient (Wildman–Crippen LogP) is 10.2. The summed E-state index contributed by atoms with van der Waals surface area (Å²) in [4.78, 5) is 5.22. The second-order valence-electron chi connectivity index (χ2n) is 14.0. The molecule has 0 amide bonds. The van der Waals surface area contributed by atoms with E-state index in [1.807, 2.05) is 0 Å². The lowest BCUT2D eigenvalue weighted by atomic mass is 9.85. The van der Waals surface area contributed by atoms with Crippen molar-refractivity contribution in [1.29, 1.82) is 0 Å². The molecule has 0 aromatic heterocycles. The Morgan fingerprint density at radius 1 is 0.667 bits per heavy atom. The van der Waals surface area contributed by atoms with Gasteiger partial charge in [0, 0.05) is 0 Å². The lowest BCUT2D eigenvalue weighted by molar-refractivity contribution is -0.870. The van der Waals surface area contributed by atoms with Crippen molar-refractivity contribution in [3.63, 3.8) is 0 Å². The van der Waals surface area contributed by atoms with Crippen molar-refractivity contribution in [2.24, 2.45) is 5.92 Å². The molecule has 0 saturated heterocycles. The van der Waals surface area contributed by atoms with E-state index in [4.69, 9.17) is 18.6 Å². The van der Waals surface area contributed by atoms with E-state index < -0.39 is 13.9 Å². The van der Waals surface area contributed by atoms with Gasteiger partial charge in [0.25, 0.3) is 0 Å². The summed E-state index contributed by atoms with van der Waals surface area (Å²) in [6.45, 7) is 3.35. The maximum Gasteiger partial charge on any atom is 0.502 e. The lowest BCUT2D eigenvalue weighted by Crippen LogP contribution is -2.35. The van der Waals surface area contributed by atoms with Crippen LogP contribution in [-0.2, 0) is 23.2 Å². The van der Waals surface area contributed by atoms with Gasteiger partial charge in [0.05, 0.1) is 53.6 Å². The van der Waals surface area contributed by atoms with Crippen molar-refractivity contribution in [1.82, 2.24) is 0 Å². The third kappa shape index (κ3) is 26.4. The lowest BCUT2D eigenvalue weighted by Gasteiger charge is -2.23. The Balaban J connectivity index is 1.97. The van der Waals surface area contributed by atoms with Crippen LogP contribution in [0.2, 0.25) is 0 Å². The van der Waals surface area contributed by atoms with Crippen molar-refractivity contribution in [2.75, 3.05) is 47.5 Å². The first-order valence-corrected chi connectivity index (χ1v) is 19.3. The molecule has 1 aliphatic carbocycles. The number of rotatable bonds is 30. The summed E-state index contributed by atoms with van der Waals surface area (Å²) in [7, 11) is 2.90. The second-order valence-corrected chi connectivity index (χ2v) is 15.6. The molecule has 7 nitrogen and oxygen atoms in total. The van der Waals surface area contributed by atoms with Crippen LogP contribution in [0.15, 0.2) is 0 Å². The summed E-state index contributed by atoms with van der Waals surface area (Å²) < 4.78 is 29.8. The molecule has 8 heteroatoms. The number of nitrogens with zero attached hydrogens (tertiary/aromatic N) is 1. The number of aliphatic hydroxyl groups is 1. The largest absolute Gasteiger partial charge is 0.502 e. The highest BCUT2D eigenvalue weighted by Gasteiger charge is 2.29. The first kappa shape index (κ1) is 40.0. The number of quaternary nitrogens is 1. The highest BCUT2D eigenvalue weighted by Crippen LogP contribution is 2.50. The smallest absolute Gasteiger partial charge is 0.391 e. The zero-order valence-corrected chi connectivity index (χ0v) is 29.2. The Labute approximate surface area is 260 Å². The van der Waals surface area contributed by atoms with Gasteiger partial charge >= 0.3 is 7.82 Å². The molecule has 2 atom stereocenters. The Morgan fingerprint density at radius 3 is 1.67 bits per heavy atom. The number of hydrogen-bond donors (Lipinski definition) is 1. The van der Waals surface area contributed by atoms with Crippen molar-refractivity contribution in [2.45, 2.75) is 167 Å². The second kappa shape index (κ2) is 26.2. The number of aliphatic hydroxyl groups excluding tert-OH is 1. The molecule has 2 unspecified atom stereocenters. The number of hydrogen-bond acceptors (Lipinski definition) is 6. The van der Waals surface area contributed by atoms with Gasteiger partial charge in [0.2, 0.25) is 0 Å². The topological polar surface area (TPSA) is 74.2 Å². The van der Waals surface area contributed by atoms with Gasteiger partial charge in [-0.15, -0.1) is 4.67 Å². The van der Waals surface area contributed by atoms with E-state index in [0.29, 0.717) is 13.2 Å². The molecular weight excluding hydrogens is 549 g/mol. The molecule has 0 heterocycles. The molecule has 0 aromatic rings. The van der Waals surface area contributed by atoms with Crippen molar-refractivity contribution in [3.05, 3.63) is 0 Å². The Hall–Kier alpha value is -0.0100. The van der Waals surface area contributed by atoms with Gasteiger partial charge in [0.1, 0.15) is 0 Å². The molecule has 0 radical (unpaired) electrons. The first-order valence-electron chi connectivity index (χ1n) is 17.9. The molecule has 0 aromatic carbocycles. The quantitative estimate of drug-likeness (QED) is 0.0283. The molecule has 252 valence electrons. The zero-order chi connectivity index (χ0) is 30.8. The number of phosphoric ester groups is 1. The van der Waals surface area contributed by atoms with E-state index in [1.165, 1.54) is 129 Å². The van der Waals surface area contributed by atoms with Crippen LogP contribution < -0.4 is 0 Å². The molecule has 0 aliphatic heterocycles. The van der Waals surface area contributed by atoms with Crippen LogP contribution >= 0.6 is 7.82 Å². The molecule has 1 saturated carbocycles. The fourth-order valence-electron chi connectivity index (χ4n) is 5.79. The Morgan fingerprint density at radius 2 is 1.14 bits per heavy atom. The number of phosphoric acid groups is 1. The average molecular weight is 621 g/mol. The molecule has 1 rings (SSSR count). The van der Waals surface area contributed by atoms with E-state index in [9.17, 15) is 9.67 Å². The normalized spacial score (nSPS) is 17.0. The first-order chi connectivity index (χ1) is 20.2. The summed E-state index contributed by atoms with van der Waals surface area (Å²) >= 11 is 0. The van der Waals surface area contributed by atoms with E-state index in [-0.39, 0.29) is 6.61 Å². The summed E-state index contributed by atoms with van der Waals surface area (Å²) in [6, 6.07) is 0. The number of unbranched alkanes of at least 4 members (excludes halogenated alkanes) is 16. The molecule has 42 heavy (non-hydrogen) atoms. The van der Waals surface area contributed by atoms with Crippen LogP contribution in [0, 0.1) is 5.92 Å². The summed E-state index contributed by atoms with van der Waals surface area (Å²) in [5.41, 5.74) is 0. The fourth-order valence-corrected chi connectivity index (χ4v) is 6.91. The minimum atomic E-state index is -3.84. The van der Waals surface area contributed by atoms with Crippen molar-refractivity contribution < 1.29 is 32.8 Å². The maximum atomic E-state index is 12.9. The third-order valence-corrected chi connectivity index (χ3v) is 9.66. The molecule has 0 bridgehead atoms. The Bertz CT molecular complexity index is 636. The van der Waals surface area contributed by atoms with Crippen molar-refractivity contribution >= 4 is 7.82 Å². The SMILES string of the molecule is CC(O)COP(=O)(OCCCCCCCCCC[N+](C)(C)C)OOCCCCCCCCCCCCC1CCCCC1. The van der Waals surface area contributed by atoms with Crippen LogP contribution in [0.4, 0.5) is 0 Å². The zero-order valence-electron chi connectivity index (χ0n) is 28.3. The maximum absolute atomic E-state index is 12.9. The minimum absolute atomic E-state index is 0.116. The minimum Gasteiger partial charge on any atom is -0.391 e. The molecule has 1 aliphatic rings. The molecular formula is C34H71NO6P+. The van der Waals surface area contributed by atoms with Gasteiger partial charge < -0.3 is 9.59 Å². The van der Waals surface area contributed by atoms with Crippen LogP contribution in [0.25, 0.3) is 0 Å². The Kier molecular flexibility index (Phi) is 25.0. The monoisotopic (exact) mass is 621 g/mol. The standard InChI is InChI=1S/C34H71NO6P/c1-33(36)32-40-42(37,39-31-25-18-14-10-8-12-16-23-29-35(2,3)4)41-38-30-24-17-13-9-6-5-7-11-15-20-26-34-27-21-19-22-28-34/h33-34,36H,5-32H2,1-4H3/q+1. The van der Waals surface area contributed by atoms with Gasteiger partial charge in [-0.05, 0) is 38.5 Å². The van der Waals surface area contributed by atoms with E-state index in [2.05, 4.69) is 21.1 Å². The van der Waals surface area contributed by atoms with Gasteiger partial charge in [-0.1, -0.05) is 128 Å². The van der Waals surface area contributed by atoms with Gasteiger partial charge in [-0.2, -0.15) is 0 Å². The molecule has 0 spiro atoms. The van der Waals surface area contributed by atoms with Gasteiger partial charge in [-0.25, -0.2) is 9.45 Å². The van der Waals surface area contributed by atoms with Crippen molar-refractivity contribution in [3.8, 4) is 0 Å². The van der Waals surface area contributed by atoms with Crippen LogP contribution in [0.1, 0.15) is 161 Å². The molecule has 1 fully saturated rings. The van der Waals surface area contributed by atoms with Gasteiger partial charge in [-0.3, -0.25) is 9.05 Å². The summed E-state index contributed by atoms with van der Waals surface area (Å²) in [5.74, 6) is 1.03. The summed E-state index contributed by atoms with van der Waals surface area (Å²) in [5, 5.41) is 9.54.